The van der Waals surface area contributed by atoms with E-state index >= 15 is 0 Å². The van der Waals surface area contributed by atoms with Gasteiger partial charge in [0, 0.05) is 24.7 Å². The Morgan fingerprint density at radius 1 is 1.50 bits per heavy atom. The van der Waals surface area contributed by atoms with Crippen molar-refractivity contribution in [2.45, 2.75) is 17.9 Å². The fourth-order valence-corrected chi connectivity index (χ4v) is 3.99. The number of hydrogen-bond acceptors (Lipinski definition) is 4. The topological polar surface area (TPSA) is 72.6 Å². The zero-order valence-electron chi connectivity index (χ0n) is 11.1. The third-order valence-corrected chi connectivity index (χ3v) is 5.62. The molecule has 1 fully saturated rings. The van der Waals surface area contributed by atoms with Crippen molar-refractivity contribution in [3.05, 3.63) is 28.8 Å². The van der Waals surface area contributed by atoms with Crippen molar-refractivity contribution >= 4 is 34.0 Å². The molecule has 0 saturated carbocycles. The fourth-order valence-electron chi connectivity index (χ4n) is 2.06. The van der Waals surface area contributed by atoms with Gasteiger partial charge in [0.1, 0.15) is 0 Å². The van der Waals surface area contributed by atoms with Crippen molar-refractivity contribution < 1.29 is 13.2 Å². The summed E-state index contributed by atoms with van der Waals surface area (Å²) in [7, 11) is -3.54. The van der Waals surface area contributed by atoms with Gasteiger partial charge >= 0.3 is 0 Å². The van der Waals surface area contributed by atoms with Crippen LogP contribution in [0, 0.1) is 6.92 Å². The number of benzene rings is 1. The Kier molecular flexibility index (Phi) is 6.25. The number of rotatable bonds is 3. The lowest BCUT2D eigenvalue weighted by molar-refractivity contribution is 0.00449. The van der Waals surface area contributed by atoms with Crippen LogP contribution >= 0.6 is 24.0 Å². The maximum atomic E-state index is 12.6. The normalized spacial score (nSPS) is 20.4. The van der Waals surface area contributed by atoms with E-state index in [0.717, 1.165) is 0 Å². The largest absolute Gasteiger partial charge is 0.374 e. The lowest BCUT2D eigenvalue weighted by Gasteiger charge is -2.31. The lowest BCUT2D eigenvalue weighted by atomic mass is 10.2. The molecular formula is C12H18Cl2N2O3S. The molecule has 8 heteroatoms. The molecule has 2 N–H and O–H groups in total. The fraction of sp³-hybridized carbons (Fsp3) is 0.500. The minimum Gasteiger partial charge on any atom is -0.374 e. The van der Waals surface area contributed by atoms with E-state index in [1.54, 1.807) is 25.1 Å². The van der Waals surface area contributed by atoms with E-state index in [4.69, 9.17) is 22.1 Å². The average molecular weight is 341 g/mol. The zero-order valence-corrected chi connectivity index (χ0v) is 13.5. The molecule has 0 aromatic heterocycles. The first kappa shape index (κ1) is 17.7. The van der Waals surface area contributed by atoms with Gasteiger partial charge in [-0.25, -0.2) is 8.42 Å². The first-order valence-electron chi connectivity index (χ1n) is 6.03. The quantitative estimate of drug-likeness (QED) is 0.903. The lowest BCUT2D eigenvalue weighted by Crippen LogP contribution is -2.48. The number of halogens is 2. The predicted molar refractivity (Wildman–Crippen MR) is 81.0 cm³/mol. The molecule has 1 aliphatic heterocycles. The monoisotopic (exact) mass is 340 g/mol. The molecule has 0 amide bonds. The van der Waals surface area contributed by atoms with E-state index in [0.29, 0.717) is 30.3 Å². The number of nitrogens with two attached hydrogens (primary N) is 1. The molecule has 1 heterocycles. The molecule has 1 aliphatic rings. The summed E-state index contributed by atoms with van der Waals surface area (Å²) in [5.41, 5.74) is 6.10. The Hall–Kier alpha value is -0.370. The summed E-state index contributed by atoms with van der Waals surface area (Å²) in [6.07, 6.45) is -0.247. The number of hydrogen-bond donors (Lipinski definition) is 1. The van der Waals surface area contributed by atoms with Gasteiger partial charge in [-0.05, 0) is 24.6 Å². The Labute approximate surface area is 130 Å². The van der Waals surface area contributed by atoms with Gasteiger partial charge in [0.05, 0.1) is 17.6 Å². The Morgan fingerprint density at radius 2 is 2.20 bits per heavy atom. The van der Waals surface area contributed by atoms with Crippen molar-refractivity contribution in [1.29, 1.82) is 0 Å². The van der Waals surface area contributed by atoms with Crippen molar-refractivity contribution in [2.24, 2.45) is 5.73 Å². The van der Waals surface area contributed by atoms with E-state index in [1.807, 2.05) is 0 Å². The first-order valence-corrected chi connectivity index (χ1v) is 7.85. The summed E-state index contributed by atoms with van der Waals surface area (Å²) in [5, 5.41) is 0.449. The molecular weight excluding hydrogens is 323 g/mol. The Balaban J connectivity index is 0.00000200. The van der Waals surface area contributed by atoms with Gasteiger partial charge in [0.25, 0.3) is 0 Å². The SMILES string of the molecule is Cc1c(Cl)cccc1S(=O)(=O)N1CCOC(CN)C1.Cl. The number of ether oxygens (including phenoxy) is 1. The van der Waals surface area contributed by atoms with Crippen LogP contribution in [0.1, 0.15) is 5.56 Å². The van der Waals surface area contributed by atoms with Gasteiger partial charge in [-0.1, -0.05) is 17.7 Å². The molecule has 1 aromatic rings. The summed E-state index contributed by atoms with van der Waals surface area (Å²) >= 11 is 5.99. The molecule has 0 aliphatic carbocycles. The van der Waals surface area contributed by atoms with Crippen LogP contribution in [0.2, 0.25) is 5.02 Å². The predicted octanol–water partition coefficient (Wildman–Crippen LogP) is 1.42. The molecule has 2 rings (SSSR count). The zero-order chi connectivity index (χ0) is 14.0. The molecule has 0 spiro atoms. The van der Waals surface area contributed by atoms with Crippen molar-refractivity contribution in [1.82, 2.24) is 4.31 Å². The van der Waals surface area contributed by atoms with Gasteiger partial charge in [0.2, 0.25) is 10.0 Å². The third kappa shape index (κ3) is 3.44. The molecule has 1 unspecified atom stereocenters. The van der Waals surface area contributed by atoms with Gasteiger partial charge in [-0.3, -0.25) is 0 Å². The van der Waals surface area contributed by atoms with E-state index in [1.165, 1.54) is 4.31 Å². The van der Waals surface area contributed by atoms with Crippen LogP contribution < -0.4 is 5.73 Å². The average Bonchev–Trinajstić information content (AvgIpc) is 2.41. The molecule has 1 saturated heterocycles. The minimum atomic E-state index is -3.54. The van der Waals surface area contributed by atoms with Crippen LogP contribution in [0.4, 0.5) is 0 Å². The van der Waals surface area contributed by atoms with Gasteiger partial charge in [0.15, 0.2) is 0 Å². The molecule has 0 radical (unpaired) electrons. The first-order chi connectivity index (χ1) is 8.96. The second kappa shape index (κ2) is 7.06. The maximum absolute atomic E-state index is 12.6. The van der Waals surface area contributed by atoms with E-state index in [-0.39, 0.29) is 30.0 Å². The summed E-state index contributed by atoms with van der Waals surface area (Å²) in [4.78, 5) is 0.248. The highest BCUT2D eigenvalue weighted by molar-refractivity contribution is 7.89. The molecule has 20 heavy (non-hydrogen) atoms. The molecule has 5 nitrogen and oxygen atoms in total. The van der Waals surface area contributed by atoms with Gasteiger partial charge in [-0.2, -0.15) is 4.31 Å². The highest BCUT2D eigenvalue weighted by Crippen LogP contribution is 2.26. The highest BCUT2D eigenvalue weighted by Gasteiger charge is 2.31. The summed E-state index contributed by atoms with van der Waals surface area (Å²) in [6.45, 7) is 2.99. The van der Waals surface area contributed by atoms with Crippen LogP contribution in [-0.2, 0) is 14.8 Å². The molecule has 0 bridgehead atoms. The van der Waals surface area contributed by atoms with Crippen molar-refractivity contribution in [3.63, 3.8) is 0 Å². The van der Waals surface area contributed by atoms with Crippen molar-refractivity contribution in [2.75, 3.05) is 26.2 Å². The van der Waals surface area contributed by atoms with Crippen LogP contribution in [0.3, 0.4) is 0 Å². The Morgan fingerprint density at radius 3 is 2.85 bits per heavy atom. The van der Waals surface area contributed by atoms with Gasteiger partial charge < -0.3 is 10.5 Å². The summed E-state index contributed by atoms with van der Waals surface area (Å²) in [6, 6.07) is 4.89. The minimum absolute atomic E-state index is 0. The Bertz CT molecular complexity index is 566. The van der Waals surface area contributed by atoms with Crippen LogP contribution in [-0.4, -0.2) is 45.1 Å². The summed E-state index contributed by atoms with van der Waals surface area (Å²) < 4.78 is 32.0. The van der Waals surface area contributed by atoms with Crippen LogP contribution in [0.15, 0.2) is 23.1 Å². The second-order valence-electron chi connectivity index (χ2n) is 4.45. The maximum Gasteiger partial charge on any atom is 0.243 e. The van der Waals surface area contributed by atoms with Crippen molar-refractivity contribution in [3.8, 4) is 0 Å². The van der Waals surface area contributed by atoms with Crippen LogP contribution in [0.5, 0.6) is 0 Å². The number of nitrogens with zero attached hydrogens (tertiary/aromatic N) is 1. The molecule has 114 valence electrons. The molecule has 1 atom stereocenters. The third-order valence-electron chi connectivity index (χ3n) is 3.20. The summed E-state index contributed by atoms with van der Waals surface area (Å²) in [5.74, 6) is 0. The van der Waals surface area contributed by atoms with E-state index in [2.05, 4.69) is 0 Å². The van der Waals surface area contributed by atoms with E-state index in [9.17, 15) is 8.42 Å². The second-order valence-corrected chi connectivity index (χ2v) is 6.77. The van der Waals surface area contributed by atoms with Gasteiger partial charge in [-0.15, -0.1) is 12.4 Å². The number of sulfonamides is 1. The smallest absolute Gasteiger partial charge is 0.243 e. The van der Waals surface area contributed by atoms with Crippen LogP contribution in [0.25, 0.3) is 0 Å². The van der Waals surface area contributed by atoms with E-state index < -0.39 is 10.0 Å². The molecule has 1 aromatic carbocycles. The highest BCUT2D eigenvalue weighted by atomic mass is 35.5. The number of morpholine rings is 1. The standard InChI is InChI=1S/C12H17ClN2O3S.ClH/c1-9-11(13)3-2-4-12(9)19(16,17)15-5-6-18-10(7-14)8-15;/h2-4,10H,5-8,14H2,1H3;1H.